The molecule has 0 spiro atoms. The van der Waals surface area contributed by atoms with E-state index in [1.165, 1.54) is 24.4 Å². The highest BCUT2D eigenvalue weighted by Gasteiger charge is 2.15. The second kappa shape index (κ2) is 8.02. The highest BCUT2D eigenvalue weighted by atomic mass is 35.5. The summed E-state index contributed by atoms with van der Waals surface area (Å²) in [5.41, 5.74) is 3.02. The molecule has 0 amide bonds. The Morgan fingerprint density at radius 2 is 2.45 bits per heavy atom. The summed E-state index contributed by atoms with van der Waals surface area (Å²) in [5, 5.41) is 18.4. The van der Waals surface area contributed by atoms with E-state index in [2.05, 4.69) is 15.8 Å². The van der Waals surface area contributed by atoms with Crippen LogP contribution in [0.2, 0.25) is 5.02 Å². The summed E-state index contributed by atoms with van der Waals surface area (Å²) in [6.45, 7) is 1.41. The number of nitro benzene ring substituents is 1. The summed E-state index contributed by atoms with van der Waals surface area (Å²) in [5.74, 6) is 0. The Kier molecular flexibility index (Phi) is 6.05. The third-order valence-electron chi connectivity index (χ3n) is 3.07. The number of ether oxygens (including phenoxy) is 1. The number of non-ortho nitro benzene ring substituents is 1. The number of benzene rings is 1. The number of hydrogen-bond acceptors (Lipinski definition) is 5. The van der Waals surface area contributed by atoms with Crippen molar-refractivity contribution in [1.29, 1.82) is 0 Å². The molecule has 2 N–H and O–H groups in total. The van der Waals surface area contributed by atoms with Gasteiger partial charge in [-0.15, -0.1) is 0 Å². The summed E-state index contributed by atoms with van der Waals surface area (Å²) in [4.78, 5) is 10.2. The third kappa shape index (κ3) is 4.90. The first-order valence-electron chi connectivity index (χ1n) is 6.68. The van der Waals surface area contributed by atoms with Gasteiger partial charge in [-0.2, -0.15) is 5.10 Å². The molecular formula is C13H15ClN4O3S. The van der Waals surface area contributed by atoms with E-state index in [0.717, 1.165) is 19.4 Å². The molecule has 9 heteroatoms. The summed E-state index contributed by atoms with van der Waals surface area (Å²) in [7, 11) is 0. The van der Waals surface area contributed by atoms with E-state index in [-0.39, 0.29) is 11.8 Å². The van der Waals surface area contributed by atoms with Gasteiger partial charge in [0, 0.05) is 35.9 Å². The van der Waals surface area contributed by atoms with Crippen molar-refractivity contribution in [3.05, 3.63) is 38.9 Å². The van der Waals surface area contributed by atoms with Gasteiger partial charge in [0.1, 0.15) is 0 Å². The molecule has 2 rings (SSSR count). The van der Waals surface area contributed by atoms with Crippen LogP contribution in [0.4, 0.5) is 5.69 Å². The lowest BCUT2D eigenvalue weighted by Crippen LogP contribution is -2.37. The second-order valence-electron chi connectivity index (χ2n) is 4.68. The lowest BCUT2D eigenvalue weighted by Gasteiger charge is -2.11. The van der Waals surface area contributed by atoms with Crippen molar-refractivity contribution < 1.29 is 9.66 Å². The van der Waals surface area contributed by atoms with E-state index in [9.17, 15) is 10.1 Å². The predicted molar refractivity (Wildman–Crippen MR) is 88.4 cm³/mol. The predicted octanol–water partition coefficient (Wildman–Crippen LogP) is 2.23. The fourth-order valence-corrected chi connectivity index (χ4v) is 2.26. The van der Waals surface area contributed by atoms with E-state index in [1.54, 1.807) is 0 Å². The third-order valence-corrected chi connectivity index (χ3v) is 3.65. The van der Waals surface area contributed by atoms with Crippen molar-refractivity contribution in [1.82, 2.24) is 10.7 Å². The maximum Gasteiger partial charge on any atom is 0.270 e. The summed E-state index contributed by atoms with van der Waals surface area (Å²) >= 11 is 11.0. The van der Waals surface area contributed by atoms with Crippen LogP contribution >= 0.6 is 23.8 Å². The van der Waals surface area contributed by atoms with Gasteiger partial charge < -0.3 is 10.1 Å². The lowest BCUT2D eigenvalue weighted by molar-refractivity contribution is -0.384. The minimum atomic E-state index is -0.491. The Labute approximate surface area is 137 Å². The van der Waals surface area contributed by atoms with Gasteiger partial charge in [0.25, 0.3) is 5.69 Å². The van der Waals surface area contributed by atoms with Crippen LogP contribution in [0.1, 0.15) is 18.4 Å². The number of halogens is 1. The van der Waals surface area contributed by atoms with Gasteiger partial charge in [-0.1, -0.05) is 11.6 Å². The molecule has 1 aromatic rings. The average Bonchev–Trinajstić information content (AvgIpc) is 3.00. The maximum absolute atomic E-state index is 10.7. The maximum atomic E-state index is 10.7. The van der Waals surface area contributed by atoms with Crippen LogP contribution in [0, 0.1) is 10.1 Å². The van der Waals surface area contributed by atoms with Gasteiger partial charge >= 0.3 is 0 Å². The highest BCUT2D eigenvalue weighted by Crippen LogP contribution is 2.20. The Morgan fingerprint density at radius 3 is 3.14 bits per heavy atom. The Hall–Kier alpha value is -1.77. The monoisotopic (exact) mass is 342 g/mol. The smallest absolute Gasteiger partial charge is 0.270 e. The largest absolute Gasteiger partial charge is 0.376 e. The molecule has 118 valence electrons. The molecule has 1 aliphatic rings. The summed E-state index contributed by atoms with van der Waals surface area (Å²) in [6, 6.07) is 4.13. The van der Waals surface area contributed by atoms with Crippen molar-refractivity contribution >= 4 is 40.8 Å². The molecule has 0 unspecified atom stereocenters. The Morgan fingerprint density at radius 1 is 1.64 bits per heavy atom. The van der Waals surface area contributed by atoms with Gasteiger partial charge in [0.15, 0.2) is 5.11 Å². The van der Waals surface area contributed by atoms with Gasteiger partial charge in [0.2, 0.25) is 0 Å². The highest BCUT2D eigenvalue weighted by molar-refractivity contribution is 7.80. The van der Waals surface area contributed by atoms with Crippen molar-refractivity contribution in [2.75, 3.05) is 13.2 Å². The molecule has 0 aliphatic carbocycles. The van der Waals surface area contributed by atoms with E-state index < -0.39 is 4.92 Å². The molecule has 22 heavy (non-hydrogen) atoms. The fraction of sp³-hybridized carbons (Fsp3) is 0.385. The topological polar surface area (TPSA) is 88.8 Å². The zero-order chi connectivity index (χ0) is 15.9. The summed E-state index contributed by atoms with van der Waals surface area (Å²) in [6.07, 6.45) is 3.64. The van der Waals surface area contributed by atoms with Crippen molar-refractivity contribution in [2.24, 2.45) is 5.10 Å². The van der Waals surface area contributed by atoms with Gasteiger partial charge in [-0.3, -0.25) is 15.5 Å². The molecule has 1 atom stereocenters. The molecule has 0 saturated carbocycles. The van der Waals surface area contributed by atoms with Crippen LogP contribution in [-0.2, 0) is 4.74 Å². The van der Waals surface area contributed by atoms with Crippen LogP contribution in [-0.4, -0.2) is 35.5 Å². The first-order valence-corrected chi connectivity index (χ1v) is 7.47. The average molecular weight is 343 g/mol. The number of hydrogen-bond donors (Lipinski definition) is 2. The molecule has 0 radical (unpaired) electrons. The number of rotatable bonds is 5. The molecule has 1 aromatic carbocycles. The van der Waals surface area contributed by atoms with Gasteiger partial charge in [0.05, 0.1) is 17.2 Å². The Balaban J connectivity index is 1.84. The van der Waals surface area contributed by atoms with Crippen LogP contribution in [0.25, 0.3) is 0 Å². The number of thiocarbonyl (C=S) groups is 1. The molecule has 0 aromatic heterocycles. The molecule has 1 heterocycles. The quantitative estimate of drug-likeness (QED) is 0.369. The van der Waals surface area contributed by atoms with E-state index in [4.69, 9.17) is 28.6 Å². The van der Waals surface area contributed by atoms with Gasteiger partial charge in [-0.05, 0) is 31.1 Å². The minimum absolute atomic E-state index is 0.0510. The number of hydrazone groups is 1. The molecule has 1 saturated heterocycles. The standard InChI is InChI=1S/C13H15ClN4O3S/c14-12-4-3-10(18(19)20)6-9(12)7-16-17-13(22)15-8-11-2-1-5-21-11/h3-4,6-7,11H,1-2,5,8H2,(H2,15,17,22)/b16-7-/t11-/m1/s1. The van der Waals surface area contributed by atoms with E-state index >= 15 is 0 Å². The van der Waals surface area contributed by atoms with Crippen molar-refractivity contribution in [3.8, 4) is 0 Å². The number of nitro groups is 1. The van der Waals surface area contributed by atoms with Gasteiger partial charge in [-0.25, -0.2) is 0 Å². The first-order chi connectivity index (χ1) is 10.6. The molecular weight excluding hydrogens is 328 g/mol. The zero-order valence-electron chi connectivity index (χ0n) is 11.6. The number of nitrogens with zero attached hydrogens (tertiary/aromatic N) is 2. The fourth-order valence-electron chi connectivity index (χ4n) is 1.96. The van der Waals surface area contributed by atoms with Crippen LogP contribution in [0.3, 0.4) is 0 Å². The Bertz CT molecular complexity index is 591. The van der Waals surface area contributed by atoms with E-state index in [1.807, 2.05) is 0 Å². The SMILES string of the molecule is O=[N+]([O-])c1ccc(Cl)c(/C=N\NC(=S)NC[C@H]2CCCO2)c1. The van der Waals surface area contributed by atoms with Crippen LogP contribution < -0.4 is 10.7 Å². The normalized spacial score (nSPS) is 17.6. The molecule has 1 fully saturated rings. The molecule has 7 nitrogen and oxygen atoms in total. The zero-order valence-corrected chi connectivity index (χ0v) is 13.2. The summed E-state index contributed by atoms with van der Waals surface area (Å²) < 4.78 is 5.46. The first kappa shape index (κ1) is 16.6. The minimum Gasteiger partial charge on any atom is -0.376 e. The number of nitrogens with one attached hydrogen (secondary N) is 2. The van der Waals surface area contributed by atoms with Crippen LogP contribution in [0.15, 0.2) is 23.3 Å². The van der Waals surface area contributed by atoms with E-state index in [0.29, 0.717) is 22.2 Å². The molecule has 0 bridgehead atoms. The van der Waals surface area contributed by atoms with Crippen molar-refractivity contribution in [2.45, 2.75) is 18.9 Å². The lowest BCUT2D eigenvalue weighted by atomic mass is 10.2. The van der Waals surface area contributed by atoms with Crippen molar-refractivity contribution in [3.63, 3.8) is 0 Å². The van der Waals surface area contributed by atoms with Crippen LogP contribution in [0.5, 0.6) is 0 Å². The molecule has 1 aliphatic heterocycles. The second-order valence-corrected chi connectivity index (χ2v) is 5.49.